The van der Waals surface area contributed by atoms with Gasteiger partial charge in [-0.2, -0.15) is 0 Å². The first-order valence-corrected chi connectivity index (χ1v) is 9.52. The minimum atomic E-state index is 0.350. The van der Waals surface area contributed by atoms with E-state index in [9.17, 15) is 0 Å². The second kappa shape index (κ2) is 7.24. The number of ether oxygens (including phenoxy) is 2. The van der Waals surface area contributed by atoms with Gasteiger partial charge in [0.25, 0.3) is 0 Å². The number of benzene rings is 1. The van der Waals surface area contributed by atoms with E-state index in [1.807, 2.05) is 13.1 Å². The molecule has 136 valence electrons. The Morgan fingerprint density at radius 1 is 1.36 bits per heavy atom. The molecule has 2 aliphatic heterocycles. The molecule has 25 heavy (non-hydrogen) atoms. The lowest BCUT2D eigenvalue weighted by atomic mass is 9.87. The number of likely N-dealkylation sites (tertiary alicyclic amines) is 1. The number of rotatable bonds is 5. The van der Waals surface area contributed by atoms with Gasteiger partial charge in [-0.15, -0.1) is 0 Å². The molecule has 0 amide bonds. The quantitative estimate of drug-likeness (QED) is 0.659. The third kappa shape index (κ3) is 3.92. The minimum absolute atomic E-state index is 0.350. The lowest BCUT2D eigenvalue weighted by Gasteiger charge is -2.25. The molecule has 0 radical (unpaired) electrons. The van der Waals surface area contributed by atoms with E-state index in [4.69, 9.17) is 9.47 Å². The van der Waals surface area contributed by atoms with Crippen LogP contribution in [0.2, 0.25) is 0 Å². The first-order chi connectivity index (χ1) is 12.3. The Labute approximate surface area is 150 Å². The van der Waals surface area contributed by atoms with Crippen molar-refractivity contribution in [3.05, 3.63) is 29.8 Å². The van der Waals surface area contributed by atoms with Crippen LogP contribution in [0.3, 0.4) is 0 Å². The monoisotopic (exact) mass is 343 g/mol. The van der Waals surface area contributed by atoms with Gasteiger partial charge in [0.1, 0.15) is 5.75 Å². The molecule has 1 spiro atoms. The van der Waals surface area contributed by atoms with Crippen molar-refractivity contribution in [1.29, 1.82) is 0 Å². The molecular weight excluding hydrogens is 314 g/mol. The average Bonchev–Trinajstić information content (AvgIpc) is 3.22. The Morgan fingerprint density at radius 2 is 2.24 bits per heavy atom. The SMILES string of the molecule is CN=C(NCc1ccccc1OCC1CC1)N1CCC2(CCOC2)C1. The van der Waals surface area contributed by atoms with E-state index in [-0.39, 0.29) is 0 Å². The molecular formula is C20H29N3O2. The highest BCUT2D eigenvalue weighted by Crippen LogP contribution is 2.38. The Kier molecular flexibility index (Phi) is 4.84. The summed E-state index contributed by atoms with van der Waals surface area (Å²) < 4.78 is 11.7. The first kappa shape index (κ1) is 16.7. The highest BCUT2D eigenvalue weighted by molar-refractivity contribution is 5.80. The standard InChI is InChI=1S/C20H29N3O2/c1-21-19(23-10-8-20(14-23)9-11-24-15-20)22-12-17-4-2-3-5-18(17)25-13-16-6-7-16/h2-5,16H,6-15H2,1H3,(H,21,22). The summed E-state index contributed by atoms with van der Waals surface area (Å²) in [7, 11) is 1.87. The maximum Gasteiger partial charge on any atom is 0.193 e. The minimum Gasteiger partial charge on any atom is -0.493 e. The molecule has 2 saturated heterocycles. The van der Waals surface area contributed by atoms with Crippen LogP contribution in [0.4, 0.5) is 0 Å². The fourth-order valence-electron chi connectivity index (χ4n) is 3.88. The molecule has 1 aromatic rings. The Hall–Kier alpha value is -1.75. The van der Waals surface area contributed by atoms with Gasteiger partial charge in [-0.3, -0.25) is 4.99 Å². The summed E-state index contributed by atoms with van der Waals surface area (Å²) in [6, 6.07) is 8.33. The molecule has 1 atom stereocenters. The fraction of sp³-hybridized carbons (Fsp3) is 0.650. The molecule has 5 heteroatoms. The summed E-state index contributed by atoms with van der Waals surface area (Å²) in [6.45, 7) is 5.51. The van der Waals surface area contributed by atoms with Gasteiger partial charge in [0.2, 0.25) is 0 Å². The summed E-state index contributed by atoms with van der Waals surface area (Å²) in [6.07, 6.45) is 5.01. The molecule has 0 bridgehead atoms. The topological polar surface area (TPSA) is 46.1 Å². The Bertz CT molecular complexity index is 621. The van der Waals surface area contributed by atoms with Crippen molar-refractivity contribution in [1.82, 2.24) is 10.2 Å². The van der Waals surface area contributed by atoms with Gasteiger partial charge in [-0.05, 0) is 37.7 Å². The number of nitrogens with zero attached hydrogens (tertiary/aromatic N) is 2. The van der Waals surface area contributed by atoms with Gasteiger partial charge >= 0.3 is 0 Å². The number of hydrogen-bond acceptors (Lipinski definition) is 3. The second-order valence-corrected chi connectivity index (χ2v) is 7.74. The van der Waals surface area contributed by atoms with Crippen LogP contribution in [-0.2, 0) is 11.3 Å². The molecule has 1 unspecified atom stereocenters. The molecule has 1 saturated carbocycles. The van der Waals surface area contributed by atoms with Crippen LogP contribution in [0.15, 0.2) is 29.3 Å². The fourth-order valence-corrected chi connectivity index (χ4v) is 3.88. The van der Waals surface area contributed by atoms with Crippen LogP contribution in [0.25, 0.3) is 0 Å². The zero-order valence-electron chi connectivity index (χ0n) is 15.2. The summed E-state index contributed by atoms with van der Waals surface area (Å²) in [5.41, 5.74) is 1.55. The molecule has 3 aliphatic rings. The van der Waals surface area contributed by atoms with Crippen molar-refractivity contribution < 1.29 is 9.47 Å². The van der Waals surface area contributed by atoms with E-state index >= 15 is 0 Å². The molecule has 1 aromatic carbocycles. The third-order valence-corrected chi connectivity index (χ3v) is 5.72. The van der Waals surface area contributed by atoms with Crippen molar-refractivity contribution in [3.63, 3.8) is 0 Å². The van der Waals surface area contributed by atoms with E-state index in [0.29, 0.717) is 5.41 Å². The predicted octanol–water partition coefficient (Wildman–Crippen LogP) is 2.66. The normalized spacial score (nSPS) is 26.4. The largest absolute Gasteiger partial charge is 0.493 e. The predicted molar refractivity (Wildman–Crippen MR) is 98.9 cm³/mol. The summed E-state index contributed by atoms with van der Waals surface area (Å²) in [5.74, 6) is 2.75. The summed E-state index contributed by atoms with van der Waals surface area (Å²) >= 11 is 0. The summed E-state index contributed by atoms with van der Waals surface area (Å²) in [4.78, 5) is 6.88. The molecule has 3 fully saturated rings. The van der Waals surface area contributed by atoms with E-state index in [1.165, 1.54) is 31.2 Å². The second-order valence-electron chi connectivity index (χ2n) is 7.74. The number of nitrogens with one attached hydrogen (secondary N) is 1. The molecule has 1 aliphatic carbocycles. The number of hydrogen-bond donors (Lipinski definition) is 1. The lowest BCUT2D eigenvalue weighted by molar-refractivity contribution is 0.156. The highest BCUT2D eigenvalue weighted by atomic mass is 16.5. The van der Waals surface area contributed by atoms with Gasteiger partial charge in [-0.25, -0.2) is 0 Å². The van der Waals surface area contributed by atoms with Crippen LogP contribution in [0.5, 0.6) is 5.75 Å². The van der Waals surface area contributed by atoms with Crippen molar-refractivity contribution >= 4 is 5.96 Å². The zero-order valence-corrected chi connectivity index (χ0v) is 15.2. The van der Waals surface area contributed by atoms with E-state index in [1.54, 1.807) is 0 Å². The molecule has 2 heterocycles. The summed E-state index contributed by atoms with van der Waals surface area (Å²) in [5, 5.41) is 3.53. The van der Waals surface area contributed by atoms with E-state index in [0.717, 1.165) is 57.1 Å². The molecule has 1 N–H and O–H groups in total. The maximum atomic E-state index is 6.02. The van der Waals surface area contributed by atoms with Crippen molar-refractivity contribution in [3.8, 4) is 5.75 Å². The molecule has 5 nitrogen and oxygen atoms in total. The molecule has 4 rings (SSSR count). The first-order valence-electron chi connectivity index (χ1n) is 9.52. The van der Waals surface area contributed by atoms with Crippen molar-refractivity contribution in [2.24, 2.45) is 16.3 Å². The maximum absolute atomic E-state index is 6.02. The number of para-hydroxylation sites is 1. The molecule has 0 aromatic heterocycles. The van der Waals surface area contributed by atoms with Gasteiger partial charge in [0.15, 0.2) is 5.96 Å². The Morgan fingerprint density at radius 3 is 3.00 bits per heavy atom. The van der Waals surface area contributed by atoms with Gasteiger partial charge < -0.3 is 19.7 Å². The van der Waals surface area contributed by atoms with Gasteiger partial charge in [0.05, 0.1) is 13.2 Å². The third-order valence-electron chi connectivity index (χ3n) is 5.72. The van der Waals surface area contributed by atoms with Crippen LogP contribution in [0.1, 0.15) is 31.2 Å². The van der Waals surface area contributed by atoms with Crippen LogP contribution < -0.4 is 10.1 Å². The van der Waals surface area contributed by atoms with Crippen LogP contribution in [-0.4, -0.2) is 50.8 Å². The number of aliphatic imine (C=N–C) groups is 1. The smallest absolute Gasteiger partial charge is 0.193 e. The van der Waals surface area contributed by atoms with E-state index < -0.39 is 0 Å². The van der Waals surface area contributed by atoms with E-state index in [2.05, 4.69) is 33.4 Å². The van der Waals surface area contributed by atoms with Gasteiger partial charge in [0, 0.05) is 44.3 Å². The highest BCUT2D eigenvalue weighted by Gasteiger charge is 2.42. The van der Waals surface area contributed by atoms with Gasteiger partial charge in [-0.1, -0.05) is 18.2 Å². The van der Waals surface area contributed by atoms with Crippen LogP contribution >= 0.6 is 0 Å². The van der Waals surface area contributed by atoms with Crippen molar-refractivity contribution in [2.45, 2.75) is 32.2 Å². The zero-order chi connectivity index (χ0) is 17.1. The lowest BCUT2D eigenvalue weighted by Crippen LogP contribution is -2.41. The number of guanidine groups is 1. The Balaban J connectivity index is 1.35. The average molecular weight is 343 g/mol. The van der Waals surface area contributed by atoms with Crippen LogP contribution in [0, 0.1) is 11.3 Å². The van der Waals surface area contributed by atoms with Crippen molar-refractivity contribution in [2.75, 3.05) is 40.0 Å².